The highest BCUT2D eigenvalue weighted by Gasteiger charge is 2.35. The van der Waals surface area contributed by atoms with Gasteiger partial charge in [-0.1, -0.05) is 6.07 Å². The molecule has 1 fully saturated rings. The van der Waals surface area contributed by atoms with Crippen molar-refractivity contribution < 1.29 is 14.3 Å². The fraction of sp³-hybridized carbons (Fsp3) is 0.250. The third-order valence-electron chi connectivity index (χ3n) is 5.25. The van der Waals surface area contributed by atoms with Gasteiger partial charge in [0.15, 0.2) is 0 Å². The summed E-state index contributed by atoms with van der Waals surface area (Å²) in [5, 5.41) is 6.09. The van der Waals surface area contributed by atoms with Gasteiger partial charge in [-0.2, -0.15) is 0 Å². The fourth-order valence-electron chi connectivity index (χ4n) is 3.72. The Kier molecular flexibility index (Phi) is 6.02. The Hall–Kier alpha value is -3.94. The first-order valence-electron chi connectivity index (χ1n) is 10.4. The molecule has 1 atom stereocenters. The SMILES string of the molecule is COc1ccc(N2CC(C(=O)Nc3cccc(Nc4nc(C)cc(C)n4)c3)CC2=O)cc1. The summed E-state index contributed by atoms with van der Waals surface area (Å²) in [7, 11) is 1.59. The van der Waals surface area contributed by atoms with Crippen molar-refractivity contribution in [1.82, 2.24) is 9.97 Å². The maximum absolute atomic E-state index is 12.8. The molecular weight excluding hydrogens is 406 g/mol. The van der Waals surface area contributed by atoms with Gasteiger partial charge in [-0.05, 0) is 62.4 Å². The molecule has 0 saturated carbocycles. The zero-order chi connectivity index (χ0) is 22.7. The van der Waals surface area contributed by atoms with Crippen LogP contribution in [0.25, 0.3) is 0 Å². The Morgan fingerprint density at radius 3 is 2.41 bits per heavy atom. The summed E-state index contributed by atoms with van der Waals surface area (Å²) in [5.41, 5.74) is 3.90. The lowest BCUT2D eigenvalue weighted by Gasteiger charge is -2.17. The molecule has 2 aromatic carbocycles. The first-order valence-corrected chi connectivity index (χ1v) is 10.4. The van der Waals surface area contributed by atoms with Crippen LogP contribution in [0.15, 0.2) is 54.6 Å². The first kappa shape index (κ1) is 21.3. The Morgan fingerprint density at radius 2 is 1.72 bits per heavy atom. The van der Waals surface area contributed by atoms with Crippen LogP contribution in [0.5, 0.6) is 5.75 Å². The Bertz CT molecular complexity index is 1130. The maximum atomic E-state index is 12.8. The van der Waals surface area contributed by atoms with Crippen LogP contribution < -0.4 is 20.3 Å². The van der Waals surface area contributed by atoms with Gasteiger partial charge < -0.3 is 20.3 Å². The van der Waals surface area contributed by atoms with E-state index in [1.807, 2.05) is 56.3 Å². The van der Waals surface area contributed by atoms with Gasteiger partial charge in [0.05, 0.1) is 13.0 Å². The van der Waals surface area contributed by atoms with Crippen molar-refractivity contribution in [1.29, 1.82) is 0 Å². The van der Waals surface area contributed by atoms with Crippen LogP contribution in [0.4, 0.5) is 23.0 Å². The van der Waals surface area contributed by atoms with Crippen molar-refractivity contribution in [3.8, 4) is 5.75 Å². The number of aryl methyl sites for hydroxylation is 2. The highest BCUT2D eigenvalue weighted by Crippen LogP contribution is 2.28. The number of hydrogen-bond donors (Lipinski definition) is 2. The largest absolute Gasteiger partial charge is 0.497 e. The molecule has 0 aliphatic carbocycles. The lowest BCUT2D eigenvalue weighted by molar-refractivity contribution is -0.122. The minimum absolute atomic E-state index is 0.0716. The quantitative estimate of drug-likeness (QED) is 0.616. The zero-order valence-electron chi connectivity index (χ0n) is 18.3. The number of carbonyl (C=O) groups is 2. The predicted octanol–water partition coefficient (Wildman–Crippen LogP) is 3.84. The standard InChI is InChI=1S/C24H25N5O3/c1-15-11-16(2)26-24(25-15)28-19-6-4-5-18(13-19)27-23(31)17-12-22(30)29(14-17)20-7-9-21(32-3)10-8-20/h4-11,13,17H,12,14H2,1-3H3,(H,27,31)(H,25,26,28). The highest BCUT2D eigenvalue weighted by molar-refractivity contribution is 6.03. The number of rotatable bonds is 6. The number of hydrogen-bond acceptors (Lipinski definition) is 6. The maximum Gasteiger partial charge on any atom is 0.229 e. The molecule has 4 rings (SSSR count). The average molecular weight is 431 g/mol. The molecule has 3 aromatic rings. The molecule has 8 heteroatoms. The second-order valence-corrected chi connectivity index (χ2v) is 7.77. The van der Waals surface area contributed by atoms with Crippen LogP contribution in [-0.2, 0) is 9.59 Å². The van der Waals surface area contributed by atoms with E-state index in [0.29, 0.717) is 18.2 Å². The van der Waals surface area contributed by atoms with Gasteiger partial charge in [0, 0.05) is 41.4 Å². The molecular formula is C24H25N5O3. The van der Waals surface area contributed by atoms with Crippen LogP contribution in [0, 0.1) is 19.8 Å². The Balaban J connectivity index is 1.41. The lowest BCUT2D eigenvalue weighted by atomic mass is 10.1. The molecule has 8 nitrogen and oxygen atoms in total. The normalized spacial score (nSPS) is 15.5. The number of benzene rings is 2. The molecule has 32 heavy (non-hydrogen) atoms. The van der Waals surface area contributed by atoms with Crippen molar-refractivity contribution in [2.45, 2.75) is 20.3 Å². The molecule has 2 N–H and O–H groups in total. The molecule has 0 spiro atoms. The summed E-state index contributed by atoms with van der Waals surface area (Å²) in [6.45, 7) is 4.16. The molecule has 0 radical (unpaired) electrons. The van der Waals surface area contributed by atoms with Crippen molar-refractivity contribution in [3.05, 3.63) is 66.0 Å². The van der Waals surface area contributed by atoms with Gasteiger partial charge in [0.2, 0.25) is 17.8 Å². The van der Waals surface area contributed by atoms with Gasteiger partial charge in [0.1, 0.15) is 5.75 Å². The van der Waals surface area contributed by atoms with Crippen LogP contribution in [-0.4, -0.2) is 35.4 Å². The van der Waals surface area contributed by atoms with Crippen molar-refractivity contribution in [3.63, 3.8) is 0 Å². The van der Waals surface area contributed by atoms with E-state index in [2.05, 4.69) is 20.6 Å². The number of aromatic nitrogens is 2. The highest BCUT2D eigenvalue weighted by atomic mass is 16.5. The van der Waals surface area contributed by atoms with Gasteiger partial charge >= 0.3 is 0 Å². The van der Waals surface area contributed by atoms with E-state index in [-0.39, 0.29) is 18.2 Å². The van der Waals surface area contributed by atoms with Crippen molar-refractivity contribution in [2.24, 2.45) is 5.92 Å². The summed E-state index contributed by atoms with van der Waals surface area (Å²) in [6.07, 6.45) is 0.173. The predicted molar refractivity (Wildman–Crippen MR) is 123 cm³/mol. The summed E-state index contributed by atoms with van der Waals surface area (Å²) < 4.78 is 5.16. The molecule has 1 aromatic heterocycles. The van der Waals surface area contributed by atoms with Gasteiger partial charge in [-0.15, -0.1) is 0 Å². The van der Waals surface area contributed by atoms with E-state index in [1.54, 1.807) is 24.1 Å². The van der Waals surface area contributed by atoms with E-state index in [1.165, 1.54) is 0 Å². The van der Waals surface area contributed by atoms with E-state index >= 15 is 0 Å². The van der Waals surface area contributed by atoms with Gasteiger partial charge in [0.25, 0.3) is 0 Å². The number of anilines is 4. The van der Waals surface area contributed by atoms with Crippen LogP contribution >= 0.6 is 0 Å². The minimum atomic E-state index is -0.427. The summed E-state index contributed by atoms with van der Waals surface area (Å²) >= 11 is 0. The average Bonchev–Trinajstić information content (AvgIpc) is 3.15. The number of nitrogens with one attached hydrogen (secondary N) is 2. The van der Waals surface area contributed by atoms with Crippen LogP contribution in [0.1, 0.15) is 17.8 Å². The minimum Gasteiger partial charge on any atom is -0.497 e. The van der Waals surface area contributed by atoms with E-state index in [4.69, 9.17) is 4.74 Å². The molecule has 0 bridgehead atoms. The zero-order valence-corrected chi connectivity index (χ0v) is 18.3. The lowest BCUT2D eigenvalue weighted by Crippen LogP contribution is -2.28. The van der Waals surface area contributed by atoms with Crippen molar-refractivity contribution >= 4 is 34.8 Å². The number of methoxy groups -OCH3 is 1. The topological polar surface area (TPSA) is 96.5 Å². The molecule has 1 aliphatic heterocycles. The third kappa shape index (κ3) is 4.85. The molecule has 2 heterocycles. The van der Waals surface area contributed by atoms with E-state index in [0.717, 1.165) is 28.5 Å². The number of nitrogens with zero attached hydrogens (tertiary/aromatic N) is 3. The van der Waals surface area contributed by atoms with E-state index in [9.17, 15) is 9.59 Å². The Morgan fingerprint density at radius 1 is 1.03 bits per heavy atom. The molecule has 164 valence electrons. The summed E-state index contributed by atoms with van der Waals surface area (Å²) in [4.78, 5) is 35.7. The summed E-state index contributed by atoms with van der Waals surface area (Å²) in [6, 6.07) is 16.5. The van der Waals surface area contributed by atoms with Crippen molar-refractivity contribution in [2.75, 3.05) is 29.2 Å². The Labute approximate surface area is 186 Å². The third-order valence-corrected chi connectivity index (χ3v) is 5.25. The van der Waals surface area contributed by atoms with E-state index < -0.39 is 5.92 Å². The second-order valence-electron chi connectivity index (χ2n) is 7.77. The van der Waals surface area contributed by atoms with Crippen LogP contribution in [0.3, 0.4) is 0 Å². The molecule has 2 amide bonds. The van der Waals surface area contributed by atoms with Gasteiger partial charge in [-0.25, -0.2) is 9.97 Å². The monoisotopic (exact) mass is 431 g/mol. The molecule has 1 aliphatic rings. The smallest absolute Gasteiger partial charge is 0.229 e. The van der Waals surface area contributed by atoms with Crippen LogP contribution in [0.2, 0.25) is 0 Å². The molecule has 1 unspecified atom stereocenters. The fourth-order valence-corrected chi connectivity index (χ4v) is 3.72. The second kappa shape index (κ2) is 9.05. The van der Waals surface area contributed by atoms with Gasteiger partial charge in [-0.3, -0.25) is 9.59 Å². The molecule has 1 saturated heterocycles. The summed E-state index contributed by atoms with van der Waals surface area (Å²) in [5.74, 6) is 0.535. The first-order chi connectivity index (χ1) is 15.4. The number of ether oxygens (including phenoxy) is 1. The number of amides is 2. The number of carbonyl (C=O) groups excluding carboxylic acids is 2.